The van der Waals surface area contributed by atoms with E-state index in [0.717, 1.165) is 23.4 Å². The van der Waals surface area contributed by atoms with Gasteiger partial charge in [-0.1, -0.05) is 0 Å². The van der Waals surface area contributed by atoms with Crippen LogP contribution in [0.15, 0.2) is 24.3 Å². The molecule has 140 valence electrons. The summed E-state index contributed by atoms with van der Waals surface area (Å²) < 4.78 is 39.0. The maximum absolute atomic E-state index is 13.0. The Labute approximate surface area is 152 Å². The first-order valence-electron chi connectivity index (χ1n) is 8.43. The molecule has 0 saturated carbocycles. The second-order valence-electron chi connectivity index (χ2n) is 6.69. The number of anilines is 1. The molecule has 3 heterocycles. The molecule has 2 aromatic rings. The van der Waals surface area contributed by atoms with E-state index in [4.69, 9.17) is 0 Å². The SMILES string of the molecule is CC(=O)N1CCc2[nH]c(/C=C3\C(=O)Nc4ccc(C(F)(F)F)cc43)cc2C1. The zero-order valence-electron chi connectivity index (χ0n) is 14.4. The Morgan fingerprint density at radius 2 is 2.04 bits per heavy atom. The zero-order chi connectivity index (χ0) is 19.3. The number of fused-ring (bicyclic) bond motifs is 2. The number of carbonyl (C=O) groups is 2. The highest BCUT2D eigenvalue weighted by Gasteiger charge is 2.34. The van der Waals surface area contributed by atoms with Gasteiger partial charge in [-0.05, 0) is 35.9 Å². The van der Waals surface area contributed by atoms with Crippen molar-refractivity contribution >= 4 is 29.2 Å². The van der Waals surface area contributed by atoms with Gasteiger partial charge in [0.25, 0.3) is 5.91 Å². The molecule has 5 nitrogen and oxygen atoms in total. The predicted octanol–water partition coefficient (Wildman–Crippen LogP) is 3.43. The normalized spacial score (nSPS) is 17.7. The quantitative estimate of drug-likeness (QED) is 0.750. The molecule has 27 heavy (non-hydrogen) atoms. The van der Waals surface area contributed by atoms with Crippen LogP contribution in [0.4, 0.5) is 18.9 Å². The number of benzene rings is 1. The number of carbonyl (C=O) groups excluding carboxylic acids is 2. The van der Waals surface area contributed by atoms with Gasteiger partial charge in [0.05, 0.1) is 11.1 Å². The highest BCUT2D eigenvalue weighted by atomic mass is 19.4. The van der Waals surface area contributed by atoms with Crippen LogP contribution < -0.4 is 5.32 Å². The summed E-state index contributed by atoms with van der Waals surface area (Å²) in [5, 5.41) is 2.59. The largest absolute Gasteiger partial charge is 0.416 e. The molecule has 0 atom stereocenters. The molecule has 0 spiro atoms. The van der Waals surface area contributed by atoms with Crippen molar-refractivity contribution in [2.24, 2.45) is 0 Å². The number of nitrogens with zero attached hydrogens (tertiary/aromatic N) is 1. The maximum atomic E-state index is 13.0. The predicted molar refractivity (Wildman–Crippen MR) is 93.5 cm³/mol. The molecule has 2 aliphatic heterocycles. The summed E-state index contributed by atoms with van der Waals surface area (Å²) in [7, 11) is 0. The zero-order valence-corrected chi connectivity index (χ0v) is 14.4. The van der Waals surface area contributed by atoms with E-state index in [0.29, 0.717) is 30.9 Å². The average molecular weight is 375 g/mol. The fraction of sp³-hybridized carbons (Fsp3) is 0.263. The molecule has 0 fully saturated rings. The topological polar surface area (TPSA) is 65.2 Å². The van der Waals surface area contributed by atoms with Gasteiger partial charge in [-0.15, -0.1) is 0 Å². The second kappa shape index (κ2) is 6.00. The van der Waals surface area contributed by atoms with Gasteiger partial charge in [0, 0.05) is 49.1 Å². The summed E-state index contributed by atoms with van der Waals surface area (Å²) in [6.45, 7) is 2.60. The molecule has 0 saturated heterocycles. The van der Waals surface area contributed by atoms with Crippen molar-refractivity contribution in [1.82, 2.24) is 9.88 Å². The first-order valence-corrected chi connectivity index (χ1v) is 8.43. The Bertz CT molecular complexity index is 989. The van der Waals surface area contributed by atoms with E-state index < -0.39 is 17.6 Å². The van der Waals surface area contributed by atoms with Crippen LogP contribution >= 0.6 is 0 Å². The molecule has 2 N–H and O–H groups in total. The van der Waals surface area contributed by atoms with Crippen LogP contribution in [0.25, 0.3) is 11.6 Å². The first kappa shape index (κ1) is 17.4. The number of aromatic nitrogens is 1. The lowest BCUT2D eigenvalue weighted by Crippen LogP contribution is -2.33. The van der Waals surface area contributed by atoms with Crippen molar-refractivity contribution < 1.29 is 22.8 Å². The van der Waals surface area contributed by atoms with Crippen molar-refractivity contribution in [3.63, 3.8) is 0 Å². The molecule has 2 amide bonds. The van der Waals surface area contributed by atoms with Crippen molar-refractivity contribution in [1.29, 1.82) is 0 Å². The van der Waals surface area contributed by atoms with Crippen LogP contribution in [-0.4, -0.2) is 28.2 Å². The minimum absolute atomic E-state index is 0.00877. The first-order chi connectivity index (χ1) is 12.7. The van der Waals surface area contributed by atoms with Crippen molar-refractivity contribution in [3.05, 3.63) is 52.3 Å². The van der Waals surface area contributed by atoms with Gasteiger partial charge in [0.15, 0.2) is 0 Å². The molecule has 0 aliphatic carbocycles. The minimum atomic E-state index is -4.48. The minimum Gasteiger partial charge on any atom is -0.359 e. The molecule has 0 bridgehead atoms. The molecule has 1 aromatic heterocycles. The van der Waals surface area contributed by atoms with Crippen molar-refractivity contribution in [3.8, 4) is 0 Å². The van der Waals surface area contributed by atoms with Gasteiger partial charge in [-0.2, -0.15) is 13.2 Å². The fourth-order valence-electron chi connectivity index (χ4n) is 3.47. The van der Waals surface area contributed by atoms with E-state index in [1.807, 2.05) is 6.07 Å². The number of hydrogen-bond donors (Lipinski definition) is 2. The van der Waals surface area contributed by atoms with Crippen LogP contribution in [-0.2, 0) is 28.7 Å². The molecule has 0 radical (unpaired) electrons. The number of alkyl halides is 3. The standard InChI is InChI=1S/C19H16F3N3O2/c1-10(26)25-5-4-16-11(9-25)6-13(23-16)8-15-14-7-12(19(20,21)22)2-3-17(14)24-18(15)27/h2-3,6-8,23H,4-5,9H2,1H3,(H,24,27)/b15-8-. The number of aromatic amines is 1. The van der Waals surface area contributed by atoms with Crippen molar-refractivity contribution in [2.45, 2.75) is 26.1 Å². The fourth-order valence-corrected chi connectivity index (χ4v) is 3.47. The van der Waals surface area contributed by atoms with Crippen LogP contribution in [0.1, 0.15) is 35.0 Å². The summed E-state index contributed by atoms with van der Waals surface area (Å²) in [6.07, 6.45) is -2.26. The summed E-state index contributed by atoms with van der Waals surface area (Å²) in [6, 6.07) is 5.03. The van der Waals surface area contributed by atoms with E-state index in [2.05, 4.69) is 10.3 Å². The maximum Gasteiger partial charge on any atom is 0.416 e. The summed E-state index contributed by atoms with van der Waals surface area (Å²) in [5.74, 6) is -0.451. The van der Waals surface area contributed by atoms with Gasteiger partial charge in [0.2, 0.25) is 5.91 Å². The third kappa shape index (κ3) is 3.11. The third-order valence-corrected chi connectivity index (χ3v) is 4.88. The van der Waals surface area contributed by atoms with E-state index in [9.17, 15) is 22.8 Å². The summed E-state index contributed by atoms with van der Waals surface area (Å²) in [4.78, 5) is 28.7. The van der Waals surface area contributed by atoms with Gasteiger partial charge in [0.1, 0.15) is 0 Å². The number of hydrogen-bond acceptors (Lipinski definition) is 2. The van der Waals surface area contributed by atoms with Gasteiger partial charge in [-0.3, -0.25) is 9.59 Å². The molecule has 4 rings (SSSR count). The van der Waals surface area contributed by atoms with E-state index in [1.54, 1.807) is 11.0 Å². The number of halogens is 3. The summed E-state index contributed by atoms with van der Waals surface area (Å²) >= 11 is 0. The van der Waals surface area contributed by atoms with Gasteiger partial charge < -0.3 is 15.2 Å². The highest BCUT2D eigenvalue weighted by Crippen LogP contribution is 2.38. The average Bonchev–Trinajstić information content (AvgIpc) is 3.13. The molecule has 1 aromatic carbocycles. The van der Waals surface area contributed by atoms with Crippen LogP contribution in [0.3, 0.4) is 0 Å². The monoisotopic (exact) mass is 375 g/mol. The second-order valence-corrected chi connectivity index (χ2v) is 6.69. The van der Waals surface area contributed by atoms with Crippen LogP contribution in [0.2, 0.25) is 0 Å². The molecular weight excluding hydrogens is 359 g/mol. The van der Waals surface area contributed by atoms with E-state index >= 15 is 0 Å². The Morgan fingerprint density at radius 3 is 2.74 bits per heavy atom. The Kier molecular flexibility index (Phi) is 3.87. The van der Waals surface area contributed by atoms with E-state index in [1.165, 1.54) is 13.0 Å². The number of rotatable bonds is 1. The smallest absolute Gasteiger partial charge is 0.359 e. The highest BCUT2D eigenvalue weighted by molar-refractivity contribution is 6.34. The number of amides is 2. The number of H-pyrrole nitrogens is 1. The van der Waals surface area contributed by atoms with Crippen LogP contribution in [0, 0.1) is 0 Å². The van der Waals surface area contributed by atoms with Gasteiger partial charge in [-0.25, -0.2) is 0 Å². The van der Waals surface area contributed by atoms with Crippen LogP contribution in [0.5, 0.6) is 0 Å². The molecule has 0 unspecified atom stereocenters. The lowest BCUT2D eigenvalue weighted by atomic mass is 10.0. The van der Waals surface area contributed by atoms with E-state index in [-0.39, 0.29) is 17.0 Å². The third-order valence-electron chi connectivity index (χ3n) is 4.88. The Hall–Kier alpha value is -3.03. The number of nitrogens with one attached hydrogen (secondary N) is 2. The molecule has 2 aliphatic rings. The molecule has 8 heteroatoms. The molecular formula is C19H16F3N3O2. The Morgan fingerprint density at radius 1 is 1.26 bits per heavy atom. The lowest BCUT2D eigenvalue weighted by Gasteiger charge is -2.25. The van der Waals surface area contributed by atoms with Crippen molar-refractivity contribution in [2.75, 3.05) is 11.9 Å². The van der Waals surface area contributed by atoms with Gasteiger partial charge >= 0.3 is 6.18 Å². The lowest BCUT2D eigenvalue weighted by molar-refractivity contribution is -0.137. The summed E-state index contributed by atoms with van der Waals surface area (Å²) in [5.41, 5.74) is 2.52. The Balaban J connectivity index is 1.70.